The van der Waals surface area contributed by atoms with Gasteiger partial charge in [-0.2, -0.15) is 0 Å². The van der Waals surface area contributed by atoms with Crippen molar-refractivity contribution in [3.8, 4) is 67.4 Å². The van der Waals surface area contributed by atoms with Gasteiger partial charge in [0, 0.05) is 22.1 Å². The summed E-state index contributed by atoms with van der Waals surface area (Å²) in [5.74, 6) is 0.613. The lowest BCUT2D eigenvalue weighted by molar-refractivity contribution is 0.800. The number of rotatable bonds is 4. The van der Waals surface area contributed by atoms with E-state index in [-0.39, 0.29) is 0 Å². The van der Waals surface area contributed by atoms with Crippen molar-refractivity contribution in [1.29, 1.82) is 0 Å². The molecule has 9 aromatic rings. The summed E-state index contributed by atoms with van der Waals surface area (Å²) in [6.07, 6.45) is 0. The highest BCUT2D eigenvalue weighted by Crippen LogP contribution is 2.65. The molecule has 2 heterocycles. The lowest BCUT2D eigenvalue weighted by Crippen LogP contribution is -2.26. The fourth-order valence-corrected chi connectivity index (χ4v) is 8.90. The first-order valence-corrected chi connectivity index (χ1v) is 18.1. The van der Waals surface area contributed by atoms with Gasteiger partial charge in [0.1, 0.15) is 5.69 Å². The predicted octanol–water partition coefficient (Wildman–Crippen LogP) is 12.0. The molecule has 0 aliphatic heterocycles. The van der Waals surface area contributed by atoms with Crippen LogP contribution in [0.15, 0.2) is 188 Å². The van der Waals surface area contributed by atoms with Gasteiger partial charge in [0.15, 0.2) is 5.82 Å². The summed E-state index contributed by atoms with van der Waals surface area (Å²) in [4.78, 5) is 16.2. The Balaban J connectivity index is 1.22. The number of pyridine rings is 1. The molecule has 2 aliphatic carbocycles. The maximum Gasteiger partial charge on any atom is 0.179 e. The lowest BCUT2D eigenvalue weighted by Gasteiger charge is -2.31. The molecule has 11 rings (SSSR count). The monoisotopic (exact) mass is 673 g/mol. The number of benzene rings is 7. The molecular formula is C50H31N3. The maximum absolute atomic E-state index is 5.48. The Kier molecular flexibility index (Phi) is 6.47. The van der Waals surface area contributed by atoms with Gasteiger partial charge in [-0.05, 0) is 62.2 Å². The third-order valence-corrected chi connectivity index (χ3v) is 11.1. The molecule has 0 bridgehead atoms. The van der Waals surface area contributed by atoms with Crippen molar-refractivity contribution in [3.63, 3.8) is 0 Å². The summed E-state index contributed by atoms with van der Waals surface area (Å²) in [6, 6.07) is 67.0. The van der Waals surface area contributed by atoms with E-state index in [1.165, 1.54) is 50.1 Å². The minimum absolute atomic E-state index is 0.524. The second-order valence-corrected chi connectivity index (χ2v) is 13.9. The highest BCUT2D eigenvalue weighted by atomic mass is 14.9. The van der Waals surface area contributed by atoms with Gasteiger partial charge in [0.05, 0.1) is 22.3 Å². The Hall–Kier alpha value is -6.97. The van der Waals surface area contributed by atoms with E-state index in [1.54, 1.807) is 0 Å². The largest absolute Gasteiger partial charge is 0.244 e. The number of hydrogen-bond donors (Lipinski definition) is 0. The molecule has 53 heavy (non-hydrogen) atoms. The molecular weight excluding hydrogens is 643 g/mol. The average Bonchev–Trinajstić information content (AvgIpc) is 3.72. The summed E-state index contributed by atoms with van der Waals surface area (Å²) < 4.78 is 0. The molecule has 7 aromatic carbocycles. The van der Waals surface area contributed by atoms with Crippen LogP contribution in [0.25, 0.3) is 78.3 Å². The van der Waals surface area contributed by atoms with Crippen LogP contribution in [0.5, 0.6) is 0 Å². The van der Waals surface area contributed by atoms with Gasteiger partial charge in [0.25, 0.3) is 0 Å². The maximum atomic E-state index is 5.48. The molecule has 0 saturated heterocycles. The minimum atomic E-state index is -0.524. The highest BCUT2D eigenvalue weighted by molar-refractivity contribution is 6.06. The van der Waals surface area contributed by atoms with Crippen molar-refractivity contribution in [2.24, 2.45) is 0 Å². The first kappa shape index (κ1) is 29.7. The zero-order valence-electron chi connectivity index (χ0n) is 28.7. The summed E-state index contributed by atoms with van der Waals surface area (Å²) >= 11 is 0. The van der Waals surface area contributed by atoms with Gasteiger partial charge < -0.3 is 0 Å². The molecule has 0 unspecified atom stereocenters. The number of hydrogen-bond acceptors (Lipinski definition) is 3. The molecule has 0 N–H and O–H groups in total. The number of para-hydroxylation sites is 1. The Morgan fingerprint density at radius 2 is 0.811 bits per heavy atom. The Morgan fingerprint density at radius 1 is 0.358 bits per heavy atom. The van der Waals surface area contributed by atoms with Crippen molar-refractivity contribution in [2.75, 3.05) is 0 Å². The van der Waals surface area contributed by atoms with Crippen molar-refractivity contribution in [3.05, 3.63) is 210 Å². The third kappa shape index (κ3) is 4.31. The van der Waals surface area contributed by atoms with E-state index in [4.69, 9.17) is 15.0 Å². The zero-order chi connectivity index (χ0) is 34.9. The van der Waals surface area contributed by atoms with Crippen LogP contribution >= 0.6 is 0 Å². The molecule has 0 saturated carbocycles. The SMILES string of the molecule is c1ccc(-c2ccc(-c3cc(-c4ccccc4)nc(-c4nc5ccccc5c5c4-c4ccccc4C54c5ccccc5-c5ccccc54)n3)cc2)cc1. The van der Waals surface area contributed by atoms with Crippen molar-refractivity contribution >= 4 is 10.9 Å². The average molecular weight is 674 g/mol. The Bertz CT molecular complexity index is 2830. The van der Waals surface area contributed by atoms with Gasteiger partial charge in [-0.1, -0.05) is 176 Å². The van der Waals surface area contributed by atoms with E-state index in [0.717, 1.165) is 44.7 Å². The van der Waals surface area contributed by atoms with Crippen LogP contribution in [0.2, 0.25) is 0 Å². The second-order valence-electron chi connectivity index (χ2n) is 13.9. The third-order valence-electron chi connectivity index (χ3n) is 11.1. The molecule has 0 atom stereocenters. The zero-order valence-corrected chi connectivity index (χ0v) is 28.7. The van der Waals surface area contributed by atoms with E-state index in [1.807, 2.05) is 12.1 Å². The molecule has 2 aliphatic rings. The van der Waals surface area contributed by atoms with Gasteiger partial charge in [-0.3, -0.25) is 0 Å². The smallest absolute Gasteiger partial charge is 0.179 e. The van der Waals surface area contributed by atoms with Gasteiger partial charge in [-0.15, -0.1) is 0 Å². The fraction of sp³-hybridized carbons (Fsp3) is 0.0200. The van der Waals surface area contributed by atoms with Crippen LogP contribution in [-0.2, 0) is 5.41 Å². The van der Waals surface area contributed by atoms with E-state index in [0.29, 0.717) is 5.82 Å². The standard InChI is InChI=1S/C50H31N3/c1-3-15-32(16-4-1)33-27-29-35(30-28-33)45-31-44(34-17-5-2-6-18-34)52-49(53-45)48-46-38-21-9-13-25-42(38)50(47(46)39-22-10-14-26-43(39)51-48)40-23-11-7-19-36(40)37-20-8-12-24-41(37)50/h1-31H. The van der Waals surface area contributed by atoms with Crippen molar-refractivity contribution < 1.29 is 0 Å². The van der Waals surface area contributed by atoms with Gasteiger partial charge in [0.2, 0.25) is 0 Å². The van der Waals surface area contributed by atoms with E-state index < -0.39 is 5.41 Å². The van der Waals surface area contributed by atoms with Gasteiger partial charge in [-0.25, -0.2) is 15.0 Å². The van der Waals surface area contributed by atoms with Gasteiger partial charge >= 0.3 is 0 Å². The van der Waals surface area contributed by atoms with Crippen LogP contribution in [0.1, 0.15) is 22.3 Å². The van der Waals surface area contributed by atoms with Crippen LogP contribution < -0.4 is 0 Å². The van der Waals surface area contributed by atoms with E-state index >= 15 is 0 Å². The molecule has 0 radical (unpaired) electrons. The van der Waals surface area contributed by atoms with E-state index in [2.05, 4.69) is 176 Å². The summed E-state index contributed by atoms with van der Waals surface area (Å²) in [7, 11) is 0. The van der Waals surface area contributed by atoms with Crippen molar-refractivity contribution in [2.45, 2.75) is 5.41 Å². The fourth-order valence-electron chi connectivity index (χ4n) is 8.90. The quantitative estimate of drug-likeness (QED) is 0.187. The molecule has 0 fully saturated rings. The lowest BCUT2D eigenvalue weighted by atomic mass is 9.69. The normalized spacial score (nSPS) is 13.1. The molecule has 2 aromatic heterocycles. The second kappa shape index (κ2) is 11.5. The number of aromatic nitrogens is 3. The van der Waals surface area contributed by atoms with Crippen LogP contribution in [0.4, 0.5) is 0 Å². The molecule has 3 nitrogen and oxygen atoms in total. The van der Waals surface area contributed by atoms with Crippen LogP contribution in [-0.4, -0.2) is 15.0 Å². The van der Waals surface area contributed by atoms with Crippen LogP contribution in [0, 0.1) is 0 Å². The Labute approximate surface area is 308 Å². The number of nitrogens with zero attached hydrogens (tertiary/aromatic N) is 3. The first-order chi connectivity index (χ1) is 26.3. The highest BCUT2D eigenvalue weighted by Gasteiger charge is 2.53. The molecule has 246 valence electrons. The summed E-state index contributed by atoms with van der Waals surface area (Å²) in [6.45, 7) is 0. The van der Waals surface area contributed by atoms with Crippen molar-refractivity contribution in [1.82, 2.24) is 15.0 Å². The first-order valence-electron chi connectivity index (χ1n) is 18.1. The molecule has 0 amide bonds. The summed E-state index contributed by atoms with van der Waals surface area (Å²) in [5, 5.41) is 1.14. The van der Waals surface area contributed by atoms with Crippen LogP contribution in [0.3, 0.4) is 0 Å². The number of fused-ring (bicyclic) bond motifs is 12. The van der Waals surface area contributed by atoms with E-state index in [9.17, 15) is 0 Å². The molecule has 3 heteroatoms. The summed E-state index contributed by atoms with van der Waals surface area (Å²) in [5.41, 5.74) is 17.3. The predicted molar refractivity (Wildman–Crippen MR) is 215 cm³/mol. The Morgan fingerprint density at radius 3 is 1.45 bits per heavy atom. The molecule has 1 spiro atoms. The topological polar surface area (TPSA) is 38.7 Å². The minimum Gasteiger partial charge on any atom is -0.244 e.